The van der Waals surface area contributed by atoms with Gasteiger partial charge >= 0.3 is 0 Å². The Labute approximate surface area is 253 Å². The Morgan fingerprint density at radius 1 is 1.00 bits per heavy atom. The third-order valence-corrected chi connectivity index (χ3v) is 10.4. The predicted octanol–water partition coefficient (Wildman–Crippen LogP) is 6.05. The molecule has 0 fully saturated rings. The third kappa shape index (κ3) is 5.35. The van der Waals surface area contributed by atoms with Gasteiger partial charge in [0.1, 0.15) is 16.2 Å². The van der Waals surface area contributed by atoms with E-state index in [1.165, 1.54) is 23.9 Å². The van der Waals surface area contributed by atoms with Gasteiger partial charge in [0.2, 0.25) is 5.28 Å². The van der Waals surface area contributed by atoms with E-state index < -0.39 is 20.0 Å². The molecule has 0 spiro atoms. The lowest BCUT2D eigenvalue weighted by Crippen LogP contribution is -2.45. The van der Waals surface area contributed by atoms with Gasteiger partial charge in [0.15, 0.2) is 5.65 Å². The molecular weight excluding hydrogens is 590 g/mol. The molecule has 0 amide bonds. The summed E-state index contributed by atoms with van der Waals surface area (Å²) in [7, 11) is -4.37. The smallest absolute Gasteiger partial charge is 0.291 e. The molecule has 11 heteroatoms. The number of nitrogens with zero attached hydrogens (tertiary/aromatic N) is 4. The average molecular weight is 618 g/mol. The fourth-order valence-corrected chi connectivity index (χ4v) is 8.44. The Hall–Kier alpha value is -3.57. The number of hydrogen-bond acceptors (Lipinski definition) is 7. The number of carbonyl (C=O) groups is 1. The van der Waals surface area contributed by atoms with Crippen molar-refractivity contribution in [3.63, 3.8) is 0 Å². The lowest BCUT2D eigenvalue weighted by Gasteiger charge is -2.29. The van der Waals surface area contributed by atoms with Crippen LogP contribution in [-0.4, -0.2) is 33.1 Å². The normalized spacial score (nSPS) is 16.5. The van der Waals surface area contributed by atoms with Crippen LogP contribution < -0.4 is 4.72 Å². The van der Waals surface area contributed by atoms with Gasteiger partial charge in [0, 0.05) is 23.3 Å². The number of fused-ring (bicyclic) bond motifs is 2. The van der Waals surface area contributed by atoms with E-state index in [1.807, 2.05) is 55.5 Å². The van der Waals surface area contributed by atoms with Crippen LogP contribution in [0.25, 0.3) is 11.2 Å². The average Bonchev–Trinajstić information content (AvgIpc) is 3.52. The number of carbonyl (C=O) groups excluding carboxylic acids is 1. The first-order chi connectivity index (χ1) is 20.2. The van der Waals surface area contributed by atoms with Crippen molar-refractivity contribution in [2.24, 2.45) is 0 Å². The van der Waals surface area contributed by atoms with Gasteiger partial charge in [-0.1, -0.05) is 91.5 Å². The Kier molecular flexibility index (Phi) is 7.65. The number of imidazole rings is 1. The number of halogens is 1. The third-order valence-electron chi connectivity index (χ3n) is 7.30. The number of hydrogen-bond donors (Lipinski definition) is 1. The maximum atomic E-state index is 13.5. The number of thioether (sulfide) groups is 1. The molecule has 6 rings (SSSR count). The van der Waals surface area contributed by atoms with E-state index in [2.05, 4.69) is 26.2 Å². The standard InChI is InChI=1S/C31H28ClN5O3S2/c1-3-9-26-34-27-20(2)33-30(32)35-28(27)37(26)19-21-14-16-24(17-15-21)31(18-23-12-7-8-13-25(23)41-31)36-42(39,40)29(38)22-10-5-4-6-11-22/h4-8,10-17,36H,3,9,18-19H2,1-2H3. The van der Waals surface area contributed by atoms with Gasteiger partial charge in [0.05, 0.1) is 12.2 Å². The highest BCUT2D eigenvalue weighted by Crippen LogP contribution is 2.50. The number of benzene rings is 3. The molecule has 1 unspecified atom stereocenters. The highest BCUT2D eigenvalue weighted by Gasteiger charge is 2.44. The molecule has 3 heterocycles. The Bertz CT molecular complexity index is 1880. The van der Waals surface area contributed by atoms with Crippen LogP contribution in [0.3, 0.4) is 0 Å². The minimum atomic E-state index is -4.37. The summed E-state index contributed by atoms with van der Waals surface area (Å²) in [6.07, 6.45) is 2.10. The molecule has 0 aliphatic carbocycles. The molecule has 8 nitrogen and oxygen atoms in total. The molecule has 1 aliphatic rings. The van der Waals surface area contributed by atoms with E-state index in [4.69, 9.17) is 16.6 Å². The molecule has 0 bridgehead atoms. The van der Waals surface area contributed by atoms with E-state index in [0.717, 1.165) is 51.5 Å². The van der Waals surface area contributed by atoms with Gasteiger partial charge in [-0.25, -0.2) is 18.4 Å². The molecule has 1 atom stereocenters. The van der Waals surface area contributed by atoms with Gasteiger partial charge in [-0.2, -0.15) is 9.71 Å². The van der Waals surface area contributed by atoms with Crippen molar-refractivity contribution in [3.8, 4) is 0 Å². The summed E-state index contributed by atoms with van der Waals surface area (Å²) in [4.78, 5) is 26.5. The summed E-state index contributed by atoms with van der Waals surface area (Å²) in [6.45, 7) is 4.49. The molecule has 5 aromatic rings. The van der Waals surface area contributed by atoms with Crippen molar-refractivity contribution in [3.05, 3.63) is 118 Å². The predicted molar refractivity (Wildman–Crippen MR) is 165 cm³/mol. The molecule has 1 N–H and O–H groups in total. The van der Waals surface area contributed by atoms with E-state index in [-0.39, 0.29) is 10.8 Å². The SMILES string of the molecule is CCCc1nc2c(C)nc(Cl)nc2n1Cc1ccc(C2(NS(=O)(=O)C(=O)c3ccccc3)Cc3ccccc3S2)cc1. The van der Waals surface area contributed by atoms with Crippen LogP contribution in [0.15, 0.2) is 83.8 Å². The molecule has 2 aromatic heterocycles. The second-order valence-electron chi connectivity index (χ2n) is 10.3. The van der Waals surface area contributed by atoms with E-state index >= 15 is 0 Å². The molecule has 0 saturated carbocycles. The molecule has 3 aromatic carbocycles. The Balaban J connectivity index is 1.35. The van der Waals surface area contributed by atoms with Gasteiger partial charge in [-0.3, -0.25) is 4.79 Å². The Morgan fingerprint density at radius 2 is 1.71 bits per heavy atom. The van der Waals surface area contributed by atoms with Crippen molar-refractivity contribution < 1.29 is 13.2 Å². The maximum Gasteiger partial charge on any atom is 0.291 e. The molecule has 0 saturated heterocycles. The van der Waals surface area contributed by atoms with Gasteiger partial charge < -0.3 is 4.57 Å². The summed E-state index contributed by atoms with van der Waals surface area (Å²) in [5.74, 6) is 0.904. The fourth-order valence-electron chi connectivity index (χ4n) is 5.30. The van der Waals surface area contributed by atoms with E-state index in [0.29, 0.717) is 18.6 Å². The zero-order valence-electron chi connectivity index (χ0n) is 23.0. The van der Waals surface area contributed by atoms with Crippen LogP contribution in [0.2, 0.25) is 5.28 Å². The molecule has 42 heavy (non-hydrogen) atoms. The summed E-state index contributed by atoms with van der Waals surface area (Å²) in [5, 5.41) is -0.779. The summed E-state index contributed by atoms with van der Waals surface area (Å²) >= 11 is 7.61. The van der Waals surface area contributed by atoms with Gasteiger partial charge in [-0.15, -0.1) is 0 Å². The van der Waals surface area contributed by atoms with Crippen LogP contribution in [0, 0.1) is 6.92 Å². The van der Waals surface area contributed by atoms with Crippen molar-refractivity contribution in [2.75, 3.05) is 0 Å². The van der Waals surface area contributed by atoms with Gasteiger partial charge in [-0.05, 0) is 47.7 Å². The minimum Gasteiger partial charge on any atom is -0.308 e. The van der Waals surface area contributed by atoms with E-state index in [1.54, 1.807) is 18.2 Å². The van der Waals surface area contributed by atoms with Crippen LogP contribution >= 0.6 is 23.4 Å². The van der Waals surface area contributed by atoms with Gasteiger partial charge in [0.25, 0.3) is 15.1 Å². The first-order valence-electron chi connectivity index (χ1n) is 13.6. The second-order valence-corrected chi connectivity index (χ2v) is 13.5. The first-order valence-corrected chi connectivity index (χ1v) is 16.3. The number of aryl methyl sites for hydroxylation is 2. The molecule has 214 valence electrons. The largest absolute Gasteiger partial charge is 0.308 e. The topological polar surface area (TPSA) is 107 Å². The first kappa shape index (κ1) is 28.5. The molecule has 1 aliphatic heterocycles. The number of aromatic nitrogens is 4. The van der Waals surface area contributed by atoms with Crippen LogP contribution in [0.1, 0.15) is 51.9 Å². The molecular formula is C31H28ClN5O3S2. The van der Waals surface area contributed by atoms with Crippen molar-refractivity contribution >= 4 is 49.7 Å². The number of nitrogens with one attached hydrogen (secondary N) is 1. The minimum absolute atomic E-state index is 0.116. The van der Waals surface area contributed by atoms with Crippen LogP contribution in [-0.2, 0) is 34.3 Å². The zero-order valence-corrected chi connectivity index (χ0v) is 25.4. The van der Waals surface area contributed by atoms with Crippen molar-refractivity contribution in [1.29, 1.82) is 0 Å². The lowest BCUT2D eigenvalue weighted by molar-refractivity contribution is 0.107. The highest BCUT2D eigenvalue weighted by atomic mass is 35.5. The quantitative estimate of drug-likeness (QED) is 0.211. The van der Waals surface area contributed by atoms with Crippen molar-refractivity contribution in [2.45, 2.75) is 49.4 Å². The molecule has 0 radical (unpaired) electrons. The maximum absolute atomic E-state index is 13.5. The van der Waals surface area contributed by atoms with Crippen molar-refractivity contribution in [1.82, 2.24) is 24.2 Å². The zero-order chi connectivity index (χ0) is 29.5. The summed E-state index contributed by atoms with van der Waals surface area (Å²) in [6, 6.07) is 23.7. The number of sulfonamides is 1. The second kappa shape index (κ2) is 11.3. The number of rotatable bonds is 8. The monoisotopic (exact) mass is 617 g/mol. The lowest BCUT2D eigenvalue weighted by atomic mass is 9.98. The highest BCUT2D eigenvalue weighted by molar-refractivity contribution is 8.06. The summed E-state index contributed by atoms with van der Waals surface area (Å²) in [5.41, 5.74) is 5.02. The van der Waals surface area contributed by atoms with Crippen LogP contribution in [0.4, 0.5) is 0 Å². The fraction of sp³-hybridized carbons (Fsp3) is 0.226. The Morgan fingerprint density at radius 3 is 2.43 bits per heavy atom. The van der Waals surface area contributed by atoms with E-state index in [9.17, 15) is 13.2 Å². The summed E-state index contributed by atoms with van der Waals surface area (Å²) < 4.78 is 31.8. The van der Waals surface area contributed by atoms with Crippen LogP contribution in [0.5, 0.6) is 0 Å².